The Balaban J connectivity index is 2.94. The Kier molecular flexibility index (Phi) is 2.29. The minimum atomic E-state index is -1.30. The van der Waals surface area contributed by atoms with Crippen LogP contribution >= 0.6 is 0 Å². The van der Waals surface area contributed by atoms with Gasteiger partial charge in [-0.05, 0) is 26.0 Å². The summed E-state index contributed by atoms with van der Waals surface area (Å²) in [7, 11) is 0. The largest absolute Gasteiger partial charge is 0.382 e. The van der Waals surface area contributed by atoms with E-state index in [-0.39, 0.29) is 5.78 Å². The molecule has 1 aromatic carbocycles. The first-order valence-electron chi connectivity index (χ1n) is 3.75. The summed E-state index contributed by atoms with van der Waals surface area (Å²) in [6.45, 7) is 2.95. The van der Waals surface area contributed by atoms with Crippen molar-refractivity contribution in [3.63, 3.8) is 0 Å². The zero-order valence-corrected chi connectivity index (χ0v) is 7.16. The summed E-state index contributed by atoms with van der Waals surface area (Å²) in [6, 6.07) is 9.45. The van der Waals surface area contributed by atoms with Crippen molar-refractivity contribution in [3.05, 3.63) is 35.9 Å². The van der Waals surface area contributed by atoms with Crippen molar-refractivity contribution < 1.29 is 9.90 Å². The third-order valence-corrected chi connectivity index (χ3v) is 1.52. The molecule has 0 aliphatic carbocycles. The SMILES string of the molecule is CC(C)(O)C(=O)c1c[c]ccc1. The summed E-state index contributed by atoms with van der Waals surface area (Å²) in [5.74, 6) is -0.278. The average molecular weight is 163 g/mol. The van der Waals surface area contributed by atoms with Gasteiger partial charge in [-0.3, -0.25) is 4.79 Å². The molecule has 2 nitrogen and oxygen atoms in total. The van der Waals surface area contributed by atoms with Crippen molar-refractivity contribution in [3.8, 4) is 0 Å². The second-order valence-electron chi connectivity index (χ2n) is 3.18. The first kappa shape index (κ1) is 8.94. The van der Waals surface area contributed by atoms with Crippen molar-refractivity contribution >= 4 is 5.78 Å². The topological polar surface area (TPSA) is 37.3 Å². The van der Waals surface area contributed by atoms with Crippen molar-refractivity contribution in [1.29, 1.82) is 0 Å². The molecule has 0 atom stereocenters. The lowest BCUT2D eigenvalue weighted by Crippen LogP contribution is -2.30. The molecule has 12 heavy (non-hydrogen) atoms. The van der Waals surface area contributed by atoms with E-state index in [2.05, 4.69) is 6.07 Å². The van der Waals surface area contributed by atoms with Crippen LogP contribution in [0.2, 0.25) is 0 Å². The molecule has 0 aliphatic rings. The highest BCUT2D eigenvalue weighted by molar-refractivity contribution is 6.01. The normalized spacial score (nSPS) is 11.2. The lowest BCUT2D eigenvalue weighted by Gasteiger charge is -2.14. The zero-order valence-electron chi connectivity index (χ0n) is 7.16. The lowest BCUT2D eigenvalue weighted by molar-refractivity contribution is 0.0488. The fraction of sp³-hybridized carbons (Fsp3) is 0.300. The number of carbonyl (C=O) groups excluding carboxylic acids is 1. The van der Waals surface area contributed by atoms with Crippen molar-refractivity contribution in [2.24, 2.45) is 0 Å². The number of Topliss-reactive ketones (excluding diaryl/α,β-unsaturated/α-hetero) is 1. The summed E-state index contributed by atoms with van der Waals surface area (Å²) in [6.07, 6.45) is 0. The molecule has 0 heterocycles. The second kappa shape index (κ2) is 3.07. The van der Waals surface area contributed by atoms with E-state index in [4.69, 9.17) is 0 Å². The van der Waals surface area contributed by atoms with Crippen LogP contribution in [0.1, 0.15) is 24.2 Å². The number of benzene rings is 1. The standard InChI is InChI=1S/C10H11O2/c1-10(2,12)9(11)8-6-4-3-5-7-8/h3-4,6-7,12H,1-2H3. The number of aliphatic hydroxyl groups is 1. The molecule has 0 unspecified atom stereocenters. The molecule has 0 saturated carbocycles. The predicted molar refractivity (Wildman–Crippen MR) is 45.9 cm³/mol. The fourth-order valence-corrected chi connectivity index (χ4v) is 0.888. The molecule has 1 aromatic rings. The van der Waals surface area contributed by atoms with Crippen LogP contribution in [0.25, 0.3) is 0 Å². The Hall–Kier alpha value is -1.15. The minimum absolute atomic E-state index is 0.278. The van der Waals surface area contributed by atoms with E-state index in [0.717, 1.165) is 0 Å². The third kappa shape index (κ3) is 1.92. The Bertz CT molecular complexity index is 270. The molecule has 0 fully saturated rings. The van der Waals surface area contributed by atoms with E-state index in [1.165, 1.54) is 13.8 Å². The molecule has 0 aliphatic heterocycles. The smallest absolute Gasteiger partial charge is 0.193 e. The fourth-order valence-electron chi connectivity index (χ4n) is 0.888. The van der Waals surface area contributed by atoms with E-state index in [1.54, 1.807) is 24.3 Å². The molecule has 2 heteroatoms. The maximum Gasteiger partial charge on any atom is 0.193 e. The van der Waals surface area contributed by atoms with Gasteiger partial charge >= 0.3 is 0 Å². The van der Waals surface area contributed by atoms with Crippen LogP contribution in [0.5, 0.6) is 0 Å². The number of ketones is 1. The highest BCUT2D eigenvalue weighted by Gasteiger charge is 2.24. The van der Waals surface area contributed by atoms with Gasteiger partial charge in [0.15, 0.2) is 5.78 Å². The molecule has 0 bridgehead atoms. The molecule has 0 spiro atoms. The van der Waals surface area contributed by atoms with Gasteiger partial charge < -0.3 is 5.11 Å². The van der Waals surface area contributed by atoms with Crippen LogP contribution in [0, 0.1) is 6.07 Å². The number of hydrogen-bond acceptors (Lipinski definition) is 2. The molecule has 0 saturated heterocycles. The first-order chi connectivity index (χ1) is 5.52. The van der Waals surface area contributed by atoms with Crippen LogP contribution in [0.15, 0.2) is 24.3 Å². The van der Waals surface area contributed by atoms with Crippen LogP contribution in [0.3, 0.4) is 0 Å². The summed E-state index contributed by atoms with van der Waals surface area (Å²) in [4.78, 5) is 11.4. The quantitative estimate of drug-likeness (QED) is 0.670. The second-order valence-corrected chi connectivity index (χ2v) is 3.18. The molecule has 63 valence electrons. The van der Waals surface area contributed by atoms with Crippen molar-refractivity contribution in [2.45, 2.75) is 19.4 Å². The van der Waals surface area contributed by atoms with Crippen LogP contribution < -0.4 is 0 Å². The maximum absolute atomic E-state index is 11.4. The molecular formula is C10H11O2. The van der Waals surface area contributed by atoms with Gasteiger partial charge in [-0.2, -0.15) is 0 Å². The van der Waals surface area contributed by atoms with Gasteiger partial charge in [0.1, 0.15) is 5.60 Å². The predicted octanol–water partition coefficient (Wildman–Crippen LogP) is 1.44. The molecule has 0 aromatic heterocycles. The van der Waals surface area contributed by atoms with Gasteiger partial charge in [-0.15, -0.1) is 0 Å². The zero-order chi connectivity index (χ0) is 9.19. The molecular weight excluding hydrogens is 152 g/mol. The van der Waals surface area contributed by atoms with Crippen LogP contribution in [0.4, 0.5) is 0 Å². The summed E-state index contributed by atoms with van der Waals surface area (Å²) >= 11 is 0. The monoisotopic (exact) mass is 163 g/mol. The highest BCUT2D eigenvalue weighted by atomic mass is 16.3. The Labute approximate surface area is 71.8 Å². The Morgan fingerprint density at radius 3 is 2.67 bits per heavy atom. The van der Waals surface area contributed by atoms with E-state index < -0.39 is 5.60 Å². The van der Waals surface area contributed by atoms with Gasteiger partial charge in [-0.25, -0.2) is 0 Å². The summed E-state index contributed by atoms with van der Waals surface area (Å²) < 4.78 is 0. The van der Waals surface area contributed by atoms with Gasteiger partial charge in [-0.1, -0.05) is 18.2 Å². The average Bonchev–Trinajstić information content (AvgIpc) is 2.03. The third-order valence-electron chi connectivity index (χ3n) is 1.52. The minimum Gasteiger partial charge on any atom is -0.382 e. The van der Waals surface area contributed by atoms with E-state index in [9.17, 15) is 9.90 Å². The highest BCUT2D eigenvalue weighted by Crippen LogP contribution is 2.11. The number of hydrogen-bond donors (Lipinski definition) is 1. The summed E-state index contributed by atoms with van der Waals surface area (Å²) in [5, 5.41) is 9.38. The van der Waals surface area contributed by atoms with Crippen molar-refractivity contribution in [1.82, 2.24) is 0 Å². The number of carbonyl (C=O) groups is 1. The molecule has 1 N–H and O–H groups in total. The summed E-state index contributed by atoms with van der Waals surface area (Å²) in [5.41, 5.74) is -0.806. The van der Waals surface area contributed by atoms with E-state index in [0.29, 0.717) is 5.56 Å². The number of rotatable bonds is 2. The van der Waals surface area contributed by atoms with Crippen LogP contribution in [-0.2, 0) is 0 Å². The van der Waals surface area contributed by atoms with Gasteiger partial charge in [0.25, 0.3) is 0 Å². The van der Waals surface area contributed by atoms with Crippen molar-refractivity contribution in [2.75, 3.05) is 0 Å². The molecule has 1 rings (SSSR count). The maximum atomic E-state index is 11.4. The van der Waals surface area contributed by atoms with Crippen LogP contribution in [-0.4, -0.2) is 16.5 Å². The lowest BCUT2D eigenvalue weighted by atomic mass is 9.97. The van der Waals surface area contributed by atoms with E-state index in [1.807, 2.05) is 0 Å². The Morgan fingerprint density at radius 1 is 1.58 bits per heavy atom. The first-order valence-corrected chi connectivity index (χ1v) is 3.75. The molecule has 1 radical (unpaired) electrons. The van der Waals surface area contributed by atoms with E-state index >= 15 is 0 Å². The molecule has 0 amide bonds. The van der Waals surface area contributed by atoms with Gasteiger partial charge in [0, 0.05) is 5.56 Å². The Morgan fingerprint density at radius 2 is 2.25 bits per heavy atom. The van der Waals surface area contributed by atoms with Gasteiger partial charge in [0.2, 0.25) is 0 Å². The van der Waals surface area contributed by atoms with Gasteiger partial charge in [0.05, 0.1) is 0 Å².